The van der Waals surface area contributed by atoms with Gasteiger partial charge in [-0.1, -0.05) is 12.1 Å². The highest BCUT2D eigenvalue weighted by Crippen LogP contribution is 2.13. The smallest absolute Gasteiger partial charge is 0.267 e. The molecule has 0 radical (unpaired) electrons. The maximum absolute atomic E-state index is 13.2. The lowest BCUT2D eigenvalue weighted by Gasteiger charge is -2.15. The van der Waals surface area contributed by atoms with E-state index in [-0.39, 0.29) is 35.1 Å². The number of carbonyl (C=O) groups is 1. The molecule has 0 saturated carbocycles. The summed E-state index contributed by atoms with van der Waals surface area (Å²) >= 11 is 0. The van der Waals surface area contributed by atoms with Crippen LogP contribution in [-0.4, -0.2) is 31.4 Å². The molecule has 8 nitrogen and oxygen atoms in total. The van der Waals surface area contributed by atoms with Gasteiger partial charge in [0.15, 0.2) is 0 Å². The zero-order valence-electron chi connectivity index (χ0n) is 16.4. The first-order valence-corrected chi connectivity index (χ1v) is 9.39. The minimum Gasteiger partial charge on any atom is -0.348 e. The van der Waals surface area contributed by atoms with Gasteiger partial charge in [-0.15, -0.1) is 6.58 Å². The first-order chi connectivity index (χ1) is 14.5. The molecule has 0 unspecified atom stereocenters. The van der Waals surface area contributed by atoms with Crippen LogP contribution < -0.4 is 16.4 Å². The number of hydrogen-bond acceptors (Lipinski definition) is 5. The molecule has 0 aromatic carbocycles. The van der Waals surface area contributed by atoms with Crippen LogP contribution in [0.15, 0.2) is 66.4 Å². The molecule has 30 heavy (non-hydrogen) atoms. The predicted molar refractivity (Wildman–Crippen MR) is 113 cm³/mol. The fraction of sp³-hybridized carbons (Fsp3) is 0.136. The maximum Gasteiger partial charge on any atom is 0.267 e. The normalized spacial score (nSPS) is 11.0. The van der Waals surface area contributed by atoms with Gasteiger partial charge in [0.1, 0.15) is 16.8 Å². The second-order valence-electron chi connectivity index (χ2n) is 6.94. The number of nitrogens with zero attached hydrogens (tertiary/aromatic N) is 4. The fourth-order valence-corrected chi connectivity index (χ4v) is 3.30. The highest BCUT2D eigenvalue weighted by atomic mass is 16.1. The molecule has 1 amide bonds. The Morgan fingerprint density at radius 3 is 2.77 bits per heavy atom. The van der Waals surface area contributed by atoms with Crippen LogP contribution in [-0.2, 0) is 6.54 Å². The molecule has 8 heteroatoms. The summed E-state index contributed by atoms with van der Waals surface area (Å²) < 4.78 is 3.04. The zero-order valence-corrected chi connectivity index (χ0v) is 16.4. The maximum atomic E-state index is 13.2. The highest BCUT2D eigenvalue weighted by Gasteiger charge is 2.17. The van der Waals surface area contributed by atoms with Crippen molar-refractivity contribution in [2.24, 2.45) is 0 Å². The van der Waals surface area contributed by atoms with Crippen LogP contribution in [0.5, 0.6) is 0 Å². The monoisotopic (exact) mass is 400 g/mol. The van der Waals surface area contributed by atoms with E-state index in [1.54, 1.807) is 35.3 Å². The van der Waals surface area contributed by atoms with Crippen molar-refractivity contribution < 1.29 is 4.79 Å². The molecule has 150 valence electrons. The molecule has 0 aliphatic rings. The molecule has 0 fully saturated rings. The van der Waals surface area contributed by atoms with Gasteiger partial charge < -0.3 is 9.88 Å². The lowest BCUT2D eigenvalue weighted by atomic mass is 10.1. The lowest BCUT2D eigenvalue weighted by molar-refractivity contribution is 0.0955. The molecular formula is C22H20N6O2. The Morgan fingerprint density at radius 1 is 1.27 bits per heavy atom. The van der Waals surface area contributed by atoms with Gasteiger partial charge in [0.2, 0.25) is 0 Å². The summed E-state index contributed by atoms with van der Waals surface area (Å²) in [5.74, 6) is -0.445. The van der Waals surface area contributed by atoms with Crippen LogP contribution in [0.2, 0.25) is 0 Å². The Morgan fingerprint density at radius 2 is 2.03 bits per heavy atom. The lowest BCUT2D eigenvalue weighted by Crippen LogP contribution is -2.35. The average molecular weight is 400 g/mol. The van der Waals surface area contributed by atoms with Gasteiger partial charge in [0.05, 0.1) is 17.5 Å². The van der Waals surface area contributed by atoms with Crippen molar-refractivity contribution in [3.63, 3.8) is 0 Å². The van der Waals surface area contributed by atoms with Gasteiger partial charge in [0, 0.05) is 25.1 Å². The fourth-order valence-electron chi connectivity index (χ4n) is 3.30. The van der Waals surface area contributed by atoms with Crippen molar-refractivity contribution in [2.45, 2.75) is 13.5 Å². The molecule has 0 atom stereocenters. The molecule has 2 N–H and O–H groups in total. The van der Waals surface area contributed by atoms with Gasteiger partial charge in [-0.2, -0.15) is 0 Å². The minimum absolute atomic E-state index is 0.0239. The highest BCUT2D eigenvalue weighted by molar-refractivity contribution is 5.96. The van der Waals surface area contributed by atoms with Crippen LogP contribution in [0, 0.1) is 12.3 Å². The molecule has 4 heterocycles. The molecule has 0 spiro atoms. The Bertz CT molecular complexity index is 1400. The number of aryl methyl sites for hydroxylation is 1. The van der Waals surface area contributed by atoms with Gasteiger partial charge in [-0.05, 0) is 42.3 Å². The van der Waals surface area contributed by atoms with E-state index in [0.29, 0.717) is 11.3 Å². The molecule has 4 aromatic heterocycles. The topological polar surface area (TPSA) is 105 Å². The summed E-state index contributed by atoms with van der Waals surface area (Å²) in [5.41, 5.74) is 2.40. The second-order valence-corrected chi connectivity index (χ2v) is 6.94. The van der Waals surface area contributed by atoms with Crippen LogP contribution in [0.1, 0.15) is 21.5 Å². The predicted octanol–water partition coefficient (Wildman–Crippen LogP) is 1.80. The Kier molecular flexibility index (Phi) is 4.97. The number of amides is 1. The summed E-state index contributed by atoms with van der Waals surface area (Å²) in [6.07, 6.45) is 6.58. The average Bonchev–Trinajstić information content (AvgIpc) is 2.75. The third kappa shape index (κ3) is 3.39. The van der Waals surface area contributed by atoms with Gasteiger partial charge in [-0.25, -0.2) is 4.98 Å². The number of fused-ring (bicyclic) bond motifs is 2. The zero-order chi connectivity index (χ0) is 21.3. The van der Waals surface area contributed by atoms with Crippen LogP contribution in [0.3, 0.4) is 0 Å². The molecule has 4 rings (SSSR count). The summed E-state index contributed by atoms with van der Waals surface area (Å²) in [5, 5.41) is 11.6. The van der Waals surface area contributed by atoms with Gasteiger partial charge in [0.25, 0.3) is 11.5 Å². The van der Waals surface area contributed by atoms with E-state index < -0.39 is 5.91 Å². The molecule has 0 saturated heterocycles. The molecule has 4 aromatic rings. The van der Waals surface area contributed by atoms with Crippen molar-refractivity contribution in [1.82, 2.24) is 24.3 Å². The van der Waals surface area contributed by atoms with Crippen molar-refractivity contribution in [3.8, 4) is 0 Å². The van der Waals surface area contributed by atoms with E-state index in [1.165, 1.54) is 10.5 Å². The van der Waals surface area contributed by atoms with Crippen molar-refractivity contribution in [1.29, 1.82) is 5.41 Å². The molecule has 0 aliphatic heterocycles. The Labute approximate surface area is 171 Å². The van der Waals surface area contributed by atoms with Gasteiger partial charge in [-0.3, -0.25) is 24.4 Å². The van der Waals surface area contributed by atoms with E-state index in [1.807, 2.05) is 25.1 Å². The Balaban J connectivity index is 2.05. The van der Waals surface area contributed by atoms with Crippen molar-refractivity contribution in [3.05, 3.63) is 94.1 Å². The number of hydrogen-bond donors (Lipinski definition) is 2. The SMILES string of the molecule is C=CCNC(=O)c1cc2c(=O)n3cc(C)ccc3nc2n(Cc2ccncc2)c1=N. The van der Waals surface area contributed by atoms with Crippen LogP contribution in [0.4, 0.5) is 0 Å². The van der Waals surface area contributed by atoms with E-state index in [4.69, 9.17) is 5.41 Å². The van der Waals surface area contributed by atoms with Crippen LogP contribution >= 0.6 is 0 Å². The number of aromatic nitrogens is 4. The Hall–Kier alpha value is -4.07. The second kappa shape index (κ2) is 7.75. The van der Waals surface area contributed by atoms with E-state index >= 15 is 0 Å². The van der Waals surface area contributed by atoms with Crippen molar-refractivity contribution >= 4 is 22.6 Å². The van der Waals surface area contributed by atoms with E-state index in [2.05, 4.69) is 21.9 Å². The molecule has 0 bridgehead atoms. The quantitative estimate of drug-likeness (QED) is 0.394. The van der Waals surface area contributed by atoms with Crippen LogP contribution in [0.25, 0.3) is 16.7 Å². The van der Waals surface area contributed by atoms with Gasteiger partial charge >= 0.3 is 0 Å². The number of carbonyl (C=O) groups excluding carboxylic acids is 1. The first-order valence-electron chi connectivity index (χ1n) is 9.39. The summed E-state index contributed by atoms with van der Waals surface area (Å²) in [6, 6.07) is 8.73. The van der Waals surface area contributed by atoms with E-state index in [0.717, 1.165) is 11.1 Å². The summed E-state index contributed by atoms with van der Waals surface area (Å²) in [6.45, 7) is 6.01. The largest absolute Gasteiger partial charge is 0.348 e. The molecule has 0 aliphatic carbocycles. The standard InChI is InChI=1S/C22H20N6O2/c1-3-8-25-21(29)16-11-17-20(26-18-5-4-14(2)12-27(18)22(17)30)28(19(16)23)13-15-6-9-24-10-7-15/h3-7,9-12,23H,1,8,13H2,2H3,(H,25,29). The summed E-state index contributed by atoms with van der Waals surface area (Å²) in [7, 11) is 0. The minimum atomic E-state index is -0.445. The number of nitrogens with one attached hydrogen (secondary N) is 2. The van der Waals surface area contributed by atoms with E-state index in [9.17, 15) is 9.59 Å². The third-order valence-corrected chi connectivity index (χ3v) is 4.80. The number of rotatable bonds is 5. The third-order valence-electron chi connectivity index (χ3n) is 4.80. The number of pyridine rings is 3. The van der Waals surface area contributed by atoms with Crippen molar-refractivity contribution in [2.75, 3.05) is 6.54 Å². The molecular weight excluding hydrogens is 380 g/mol. The first kappa shape index (κ1) is 19.3. The summed E-state index contributed by atoms with van der Waals surface area (Å²) in [4.78, 5) is 34.6.